The van der Waals surface area contributed by atoms with Gasteiger partial charge in [-0.3, -0.25) is 0 Å². The van der Waals surface area contributed by atoms with E-state index in [1.165, 1.54) is 5.57 Å². The van der Waals surface area contributed by atoms with Crippen LogP contribution >= 0.6 is 0 Å². The highest BCUT2D eigenvalue weighted by molar-refractivity contribution is 5.16. The molecule has 0 aromatic carbocycles. The number of hydrogen-bond donors (Lipinski definition) is 0. The summed E-state index contributed by atoms with van der Waals surface area (Å²) in [4.78, 5) is 0. The van der Waals surface area contributed by atoms with Gasteiger partial charge >= 0.3 is 0 Å². The summed E-state index contributed by atoms with van der Waals surface area (Å²) in [6, 6.07) is 0. The minimum atomic E-state index is -0.498. The topological polar surface area (TPSA) is 18.5 Å². The zero-order valence-corrected chi connectivity index (χ0v) is 11.2. The summed E-state index contributed by atoms with van der Waals surface area (Å²) in [5.41, 5.74) is 1.32. The molecule has 1 heterocycles. The van der Waals surface area contributed by atoms with Crippen molar-refractivity contribution in [2.75, 3.05) is 0 Å². The van der Waals surface area contributed by atoms with Crippen LogP contribution in [0.5, 0.6) is 0 Å². The highest BCUT2D eigenvalue weighted by Gasteiger charge is 2.38. The summed E-state index contributed by atoms with van der Waals surface area (Å²) in [6.07, 6.45) is 12.8. The first kappa shape index (κ1) is 12.8. The largest absolute Gasteiger partial charge is 0.343 e. The molecule has 0 bridgehead atoms. The zero-order chi connectivity index (χ0) is 12.3. The third-order valence-electron chi connectivity index (χ3n) is 3.57. The van der Waals surface area contributed by atoms with E-state index in [0.29, 0.717) is 0 Å². The summed E-state index contributed by atoms with van der Waals surface area (Å²) in [7, 11) is 0. The molecule has 0 N–H and O–H groups in total. The van der Waals surface area contributed by atoms with Crippen molar-refractivity contribution >= 4 is 0 Å². The molecule has 1 fully saturated rings. The van der Waals surface area contributed by atoms with E-state index < -0.39 is 5.79 Å². The van der Waals surface area contributed by atoms with E-state index in [2.05, 4.69) is 39.0 Å². The zero-order valence-electron chi connectivity index (χ0n) is 11.2. The quantitative estimate of drug-likeness (QED) is 0.641. The molecule has 0 spiro atoms. The maximum absolute atomic E-state index is 6.07. The smallest absolute Gasteiger partial charge is 0.188 e. The lowest BCUT2D eigenvalue weighted by molar-refractivity contribution is -0.282. The van der Waals surface area contributed by atoms with Crippen LogP contribution in [0.1, 0.15) is 52.9 Å². The molecule has 2 unspecified atom stereocenters. The summed E-state index contributed by atoms with van der Waals surface area (Å²) in [5.74, 6) is -0.498. The molecule has 2 atom stereocenters. The molecular formula is C15H24O2. The van der Waals surface area contributed by atoms with Crippen molar-refractivity contribution in [3.63, 3.8) is 0 Å². The highest BCUT2D eigenvalue weighted by Crippen LogP contribution is 2.35. The average molecular weight is 236 g/mol. The number of hydrogen-bond acceptors (Lipinski definition) is 2. The molecule has 2 heteroatoms. The number of allylic oxidation sites excluding steroid dienone is 3. The first-order valence-corrected chi connectivity index (χ1v) is 6.80. The fourth-order valence-electron chi connectivity index (χ4n) is 2.85. The van der Waals surface area contributed by atoms with E-state index in [-0.39, 0.29) is 12.2 Å². The van der Waals surface area contributed by atoms with Gasteiger partial charge in [0.25, 0.3) is 0 Å². The first-order chi connectivity index (χ1) is 8.10. The van der Waals surface area contributed by atoms with Crippen molar-refractivity contribution in [1.82, 2.24) is 0 Å². The second-order valence-corrected chi connectivity index (χ2v) is 5.36. The van der Waals surface area contributed by atoms with Gasteiger partial charge in [-0.15, -0.1) is 0 Å². The molecule has 2 rings (SSSR count). The van der Waals surface area contributed by atoms with Crippen LogP contribution in [0, 0.1) is 0 Å². The molecule has 96 valence electrons. The first-order valence-electron chi connectivity index (χ1n) is 6.80. The van der Waals surface area contributed by atoms with Gasteiger partial charge in [0.2, 0.25) is 0 Å². The second kappa shape index (κ2) is 5.36. The molecular weight excluding hydrogens is 212 g/mol. The Morgan fingerprint density at radius 3 is 2.41 bits per heavy atom. The molecule has 2 nitrogen and oxygen atoms in total. The summed E-state index contributed by atoms with van der Waals surface area (Å²) in [5, 5.41) is 0. The molecule has 1 aliphatic carbocycles. The van der Waals surface area contributed by atoms with Crippen LogP contribution in [0.3, 0.4) is 0 Å². The van der Waals surface area contributed by atoms with E-state index in [1.54, 1.807) is 0 Å². The van der Waals surface area contributed by atoms with Gasteiger partial charge in [-0.25, -0.2) is 0 Å². The number of ether oxygens (including phenoxy) is 2. The summed E-state index contributed by atoms with van der Waals surface area (Å²) >= 11 is 0. The van der Waals surface area contributed by atoms with Gasteiger partial charge in [0.05, 0.1) is 12.2 Å². The third kappa shape index (κ3) is 3.20. The normalized spacial score (nSPS) is 44.3. The van der Waals surface area contributed by atoms with Gasteiger partial charge < -0.3 is 9.47 Å². The predicted molar refractivity (Wildman–Crippen MR) is 69.8 cm³/mol. The maximum atomic E-state index is 6.07. The van der Waals surface area contributed by atoms with Crippen molar-refractivity contribution in [3.8, 4) is 0 Å². The van der Waals surface area contributed by atoms with Crippen molar-refractivity contribution in [1.29, 1.82) is 0 Å². The van der Waals surface area contributed by atoms with Gasteiger partial charge in [-0.05, 0) is 58.4 Å². The Balaban J connectivity index is 2.12. The van der Waals surface area contributed by atoms with Crippen LogP contribution < -0.4 is 0 Å². The minimum absolute atomic E-state index is 0.283. The van der Waals surface area contributed by atoms with Crippen LogP contribution in [0.25, 0.3) is 0 Å². The molecule has 0 amide bonds. The lowest BCUT2D eigenvalue weighted by Crippen LogP contribution is -2.46. The van der Waals surface area contributed by atoms with Crippen LogP contribution in [0.2, 0.25) is 0 Å². The fourth-order valence-corrected chi connectivity index (χ4v) is 2.85. The van der Waals surface area contributed by atoms with Crippen LogP contribution in [0.15, 0.2) is 23.8 Å². The minimum Gasteiger partial charge on any atom is -0.343 e. The summed E-state index contributed by atoms with van der Waals surface area (Å²) in [6.45, 7) is 6.36. The van der Waals surface area contributed by atoms with E-state index in [9.17, 15) is 0 Å². The van der Waals surface area contributed by atoms with Gasteiger partial charge in [0.1, 0.15) is 0 Å². The maximum Gasteiger partial charge on any atom is 0.188 e. The third-order valence-corrected chi connectivity index (χ3v) is 3.57. The Hall–Kier alpha value is -0.600. The standard InChI is InChI=1S/C15H24O2/c1-12-11-13(2)17-15(3,16-12)14-9-7-5-4-6-8-10-14/h4-5,10,12-13H,6-9,11H2,1-3H3/b5-4-,14-10+. The summed E-state index contributed by atoms with van der Waals surface area (Å²) < 4.78 is 12.1. The number of rotatable bonds is 1. The lowest BCUT2D eigenvalue weighted by atomic mass is 9.96. The Labute approximate surface area is 105 Å². The molecule has 0 radical (unpaired) electrons. The predicted octanol–water partition coefficient (Wildman–Crippen LogP) is 3.97. The van der Waals surface area contributed by atoms with Gasteiger partial charge in [0, 0.05) is 0 Å². The molecule has 0 aromatic heterocycles. The van der Waals surface area contributed by atoms with E-state index in [4.69, 9.17) is 9.47 Å². The van der Waals surface area contributed by atoms with Crippen molar-refractivity contribution < 1.29 is 9.47 Å². The molecule has 2 aliphatic rings. The van der Waals surface area contributed by atoms with Crippen molar-refractivity contribution in [3.05, 3.63) is 23.8 Å². The highest BCUT2D eigenvalue weighted by atomic mass is 16.7. The van der Waals surface area contributed by atoms with E-state index >= 15 is 0 Å². The molecule has 17 heavy (non-hydrogen) atoms. The Morgan fingerprint density at radius 2 is 1.71 bits per heavy atom. The molecule has 1 aliphatic heterocycles. The van der Waals surface area contributed by atoms with Gasteiger partial charge in [-0.2, -0.15) is 0 Å². The van der Waals surface area contributed by atoms with Crippen molar-refractivity contribution in [2.45, 2.75) is 70.9 Å². The van der Waals surface area contributed by atoms with Crippen LogP contribution in [0.4, 0.5) is 0 Å². The van der Waals surface area contributed by atoms with E-state index in [0.717, 1.165) is 32.1 Å². The Bertz CT molecular complexity index is 307. The van der Waals surface area contributed by atoms with Crippen LogP contribution in [-0.4, -0.2) is 18.0 Å². The van der Waals surface area contributed by atoms with Crippen molar-refractivity contribution in [2.24, 2.45) is 0 Å². The molecule has 0 aromatic rings. The molecule has 0 saturated carbocycles. The average Bonchev–Trinajstić information content (AvgIpc) is 2.12. The Kier molecular flexibility index (Phi) is 4.05. The van der Waals surface area contributed by atoms with Crippen LogP contribution in [-0.2, 0) is 9.47 Å². The van der Waals surface area contributed by atoms with E-state index in [1.807, 2.05) is 0 Å². The van der Waals surface area contributed by atoms with Gasteiger partial charge in [0.15, 0.2) is 5.79 Å². The molecule has 1 saturated heterocycles. The second-order valence-electron chi connectivity index (χ2n) is 5.36. The SMILES string of the molecule is CC1CC(C)OC(C)(/C2=C/CC/C=C\CC2)O1. The fraction of sp³-hybridized carbons (Fsp3) is 0.733. The Morgan fingerprint density at radius 1 is 1.06 bits per heavy atom. The lowest BCUT2D eigenvalue weighted by Gasteiger charge is -2.42. The monoisotopic (exact) mass is 236 g/mol. The van der Waals surface area contributed by atoms with Gasteiger partial charge in [-0.1, -0.05) is 18.2 Å².